The molecule has 1 fully saturated rings. The Labute approximate surface area is 119 Å². The molecular weight excluding hydrogens is 258 g/mol. The van der Waals surface area contributed by atoms with Crippen molar-refractivity contribution in [3.8, 4) is 0 Å². The van der Waals surface area contributed by atoms with E-state index >= 15 is 0 Å². The summed E-state index contributed by atoms with van der Waals surface area (Å²) in [5.74, 6) is 1.14. The molecule has 0 unspecified atom stereocenters. The minimum Gasteiger partial charge on any atom is -0.354 e. The Kier molecular flexibility index (Phi) is 3.58. The molecule has 0 aliphatic carbocycles. The summed E-state index contributed by atoms with van der Waals surface area (Å²) in [6.07, 6.45) is 2.22. The second kappa shape index (κ2) is 5.35. The Morgan fingerprint density at radius 2 is 1.74 bits per heavy atom. The summed E-state index contributed by atoms with van der Waals surface area (Å²) >= 11 is 5.92. The van der Waals surface area contributed by atoms with E-state index in [-0.39, 0.29) is 0 Å². The number of likely N-dealkylation sites (N-methyl/N-ethyl adjacent to an activating group) is 1. The molecule has 0 aromatic heterocycles. The van der Waals surface area contributed by atoms with Gasteiger partial charge in [-0.3, -0.25) is 4.99 Å². The number of hydrogen-bond acceptors (Lipinski definition) is 3. The highest BCUT2D eigenvalue weighted by atomic mass is 35.5. The molecule has 3 rings (SSSR count). The van der Waals surface area contributed by atoms with Crippen molar-refractivity contribution in [3.63, 3.8) is 0 Å². The van der Waals surface area contributed by atoms with Crippen molar-refractivity contribution in [1.29, 1.82) is 0 Å². The normalized spacial score (nSPS) is 20.4. The van der Waals surface area contributed by atoms with E-state index < -0.39 is 0 Å². The molecule has 1 aromatic rings. The Morgan fingerprint density at radius 3 is 2.42 bits per heavy atom. The molecule has 19 heavy (non-hydrogen) atoms. The van der Waals surface area contributed by atoms with Gasteiger partial charge in [0.25, 0.3) is 0 Å². The third kappa shape index (κ3) is 2.82. The summed E-state index contributed by atoms with van der Waals surface area (Å²) in [5, 5.41) is 0.780. The number of piperazine rings is 1. The van der Waals surface area contributed by atoms with Crippen LogP contribution in [0.15, 0.2) is 35.3 Å². The Morgan fingerprint density at radius 1 is 1.05 bits per heavy atom. The molecular formula is C15H18ClN3. The van der Waals surface area contributed by atoms with Crippen LogP contribution in [-0.4, -0.2) is 55.4 Å². The smallest absolute Gasteiger partial charge is 0.124 e. The standard InChI is InChI=1S/C15H18ClN3/c1-18-6-8-19(9-7-18)15-10-13(11-17-15)12-2-4-14(16)5-3-12/h2-5,10H,6-9,11H2,1H3. The molecule has 0 radical (unpaired) electrons. The summed E-state index contributed by atoms with van der Waals surface area (Å²) in [7, 11) is 2.17. The largest absolute Gasteiger partial charge is 0.354 e. The fourth-order valence-corrected chi connectivity index (χ4v) is 2.60. The lowest BCUT2D eigenvalue weighted by Crippen LogP contribution is -2.46. The molecule has 2 heterocycles. The fraction of sp³-hybridized carbons (Fsp3) is 0.400. The number of rotatable bonds is 1. The second-order valence-corrected chi connectivity index (χ2v) is 5.58. The van der Waals surface area contributed by atoms with E-state index in [1.54, 1.807) is 0 Å². The van der Waals surface area contributed by atoms with Crippen molar-refractivity contribution in [2.75, 3.05) is 39.8 Å². The van der Waals surface area contributed by atoms with Crippen LogP contribution in [0, 0.1) is 0 Å². The highest BCUT2D eigenvalue weighted by Gasteiger charge is 2.19. The third-order valence-corrected chi connectivity index (χ3v) is 4.01. The highest BCUT2D eigenvalue weighted by Crippen LogP contribution is 2.22. The number of hydrogen-bond donors (Lipinski definition) is 0. The lowest BCUT2D eigenvalue weighted by atomic mass is 10.1. The topological polar surface area (TPSA) is 18.8 Å². The molecule has 0 atom stereocenters. The van der Waals surface area contributed by atoms with Gasteiger partial charge in [0.2, 0.25) is 0 Å². The van der Waals surface area contributed by atoms with Crippen LogP contribution in [0.4, 0.5) is 0 Å². The minimum absolute atomic E-state index is 0.780. The summed E-state index contributed by atoms with van der Waals surface area (Å²) in [6, 6.07) is 8.00. The second-order valence-electron chi connectivity index (χ2n) is 5.14. The number of nitrogens with zero attached hydrogens (tertiary/aromatic N) is 3. The number of benzene rings is 1. The van der Waals surface area contributed by atoms with Crippen molar-refractivity contribution < 1.29 is 0 Å². The van der Waals surface area contributed by atoms with Gasteiger partial charge in [0.15, 0.2) is 0 Å². The van der Waals surface area contributed by atoms with Gasteiger partial charge in [-0.15, -0.1) is 0 Å². The molecule has 1 aromatic carbocycles. The highest BCUT2D eigenvalue weighted by molar-refractivity contribution is 6.30. The molecule has 0 N–H and O–H groups in total. The lowest BCUT2D eigenvalue weighted by Gasteiger charge is -2.33. The zero-order chi connectivity index (χ0) is 13.2. The van der Waals surface area contributed by atoms with Crippen LogP contribution in [0.25, 0.3) is 5.57 Å². The van der Waals surface area contributed by atoms with Crippen LogP contribution in [0.5, 0.6) is 0 Å². The van der Waals surface area contributed by atoms with E-state index in [9.17, 15) is 0 Å². The van der Waals surface area contributed by atoms with E-state index in [2.05, 4.69) is 40.0 Å². The van der Waals surface area contributed by atoms with E-state index in [1.165, 1.54) is 11.1 Å². The molecule has 2 aliphatic rings. The van der Waals surface area contributed by atoms with Crippen LogP contribution in [0.1, 0.15) is 5.56 Å². The van der Waals surface area contributed by atoms with Crippen molar-refractivity contribution in [1.82, 2.24) is 9.80 Å². The van der Waals surface area contributed by atoms with Crippen LogP contribution >= 0.6 is 11.6 Å². The van der Waals surface area contributed by atoms with Gasteiger partial charge in [0.1, 0.15) is 5.84 Å². The van der Waals surface area contributed by atoms with E-state index in [1.807, 2.05) is 12.1 Å². The molecule has 4 heteroatoms. The molecule has 0 bridgehead atoms. The maximum atomic E-state index is 5.92. The fourth-order valence-electron chi connectivity index (χ4n) is 2.48. The summed E-state index contributed by atoms with van der Waals surface area (Å²) in [5.41, 5.74) is 2.50. The van der Waals surface area contributed by atoms with Crippen LogP contribution < -0.4 is 0 Å². The van der Waals surface area contributed by atoms with Crippen molar-refractivity contribution >= 4 is 23.0 Å². The minimum atomic E-state index is 0.780. The first-order valence-electron chi connectivity index (χ1n) is 6.67. The Balaban J connectivity index is 1.71. The van der Waals surface area contributed by atoms with E-state index in [0.717, 1.165) is 43.6 Å². The molecule has 100 valence electrons. The van der Waals surface area contributed by atoms with Crippen molar-refractivity contribution in [3.05, 3.63) is 40.9 Å². The lowest BCUT2D eigenvalue weighted by molar-refractivity contribution is 0.216. The zero-order valence-corrected chi connectivity index (χ0v) is 11.9. The van der Waals surface area contributed by atoms with E-state index in [4.69, 9.17) is 11.6 Å². The molecule has 3 nitrogen and oxygen atoms in total. The van der Waals surface area contributed by atoms with Gasteiger partial charge < -0.3 is 9.80 Å². The van der Waals surface area contributed by atoms with Gasteiger partial charge in [-0.1, -0.05) is 23.7 Å². The Hall–Kier alpha value is -1.32. The zero-order valence-electron chi connectivity index (χ0n) is 11.1. The third-order valence-electron chi connectivity index (χ3n) is 3.76. The van der Waals surface area contributed by atoms with Gasteiger partial charge in [0, 0.05) is 31.2 Å². The van der Waals surface area contributed by atoms with Crippen molar-refractivity contribution in [2.45, 2.75) is 0 Å². The molecule has 0 amide bonds. The van der Waals surface area contributed by atoms with Gasteiger partial charge >= 0.3 is 0 Å². The quantitative estimate of drug-likeness (QED) is 0.784. The maximum absolute atomic E-state index is 5.92. The SMILES string of the molecule is CN1CCN(C2=NCC(c3ccc(Cl)cc3)=C2)CC1. The monoisotopic (exact) mass is 275 g/mol. The molecule has 2 aliphatic heterocycles. The number of amidine groups is 1. The predicted octanol–water partition coefficient (Wildman–Crippen LogP) is 2.38. The average Bonchev–Trinajstić information content (AvgIpc) is 2.90. The molecule has 0 spiro atoms. The van der Waals surface area contributed by atoms with Crippen LogP contribution in [0.2, 0.25) is 5.02 Å². The summed E-state index contributed by atoms with van der Waals surface area (Å²) in [6.45, 7) is 5.15. The molecule has 0 saturated carbocycles. The Bertz CT molecular complexity index is 511. The van der Waals surface area contributed by atoms with E-state index in [0.29, 0.717) is 0 Å². The van der Waals surface area contributed by atoms with Gasteiger partial charge in [-0.2, -0.15) is 0 Å². The molecule has 1 saturated heterocycles. The van der Waals surface area contributed by atoms with Gasteiger partial charge in [-0.05, 0) is 36.4 Å². The first-order valence-corrected chi connectivity index (χ1v) is 7.04. The van der Waals surface area contributed by atoms with Crippen molar-refractivity contribution in [2.24, 2.45) is 4.99 Å². The van der Waals surface area contributed by atoms with Gasteiger partial charge in [-0.25, -0.2) is 0 Å². The summed E-state index contributed by atoms with van der Waals surface area (Å²) < 4.78 is 0. The number of aliphatic imine (C=N–C) groups is 1. The maximum Gasteiger partial charge on any atom is 0.124 e. The van der Waals surface area contributed by atoms with Crippen LogP contribution in [-0.2, 0) is 0 Å². The predicted molar refractivity (Wildman–Crippen MR) is 80.8 cm³/mol. The van der Waals surface area contributed by atoms with Crippen LogP contribution in [0.3, 0.4) is 0 Å². The van der Waals surface area contributed by atoms with Gasteiger partial charge in [0.05, 0.1) is 6.54 Å². The average molecular weight is 276 g/mol. The summed E-state index contributed by atoms with van der Waals surface area (Å²) in [4.78, 5) is 9.40. The number of halogens is 1. The first kappa shape index (κ1) is 12.7. The first-order chi connectivity index (χ1) is 9.22.